The Balaban J connectivity index is 2.07. The highest BCUT2D eigenvalue weighted by molar-refractivity contribution is 9.10. The molecule has 3 rings (SSSR count). The molecule has 0 saturated carbocycles. The predicted octanol–water partition coefficient (Wildman–Crippen LogP) is 3.59. The molecule has 0 fully saturated rings. The van der Waals surface area contributed by atoms with Crippen LogP contribution in [0.15, 0.2) is 27.4 Å². The first-order chi connectivity index (χ1) is 12.4. The number of alkyl halides is 1. The van der Waals surface area contributed by atoms with Gasteiger partial charge in [0.25, 0.3) is 0 Å². The summed E-state index contributed by atoms with van der Waals surface area (Å²) in [5.74, 6) is 1.70. The van der Waals surface area contributed by atoms with Crippen LogP contribution in [0.4, 0.5) is 10.2 Å². The van der Waals surface area contributed by atoms with Crippen molar-refractivity contribution in [2.24, 2.45) is 5.73 Å². The third kappa shape index (κ3) is 3.65. The lowest BCUT2D eigenvalue weighted by molar-refractivity contribution is 0.302. The lowest BCUT2D eigenvalue weighted by Gasteiger charge is -2.13. The Morgan fingerprint density at radius 1 is 1.54 bits per heavy atom. The van der Waals surface area contributed by atoms with Crippen molar-refractivity contribution in [3.8, 4) is 5.75 Å². The van der Waals surface area contributed by atoms with Gasteiger partial charge in [0, 0.05) is 11.6 Å². The summed E-state index contributed by atoms with van der Waals surface area (Å²) in [5, 5.41) is 7.42. The van der Waals surface area contributed by atoms with Gasteiger partial charge in [-0.05, 0) is 53.0 Å². The Hall–Kier alpha value is -1.84. The van der Waals surface area contributed by atoms with Gasteiger partial charge in [0.15, 0.2) is 17.1 Å². The molecule has 0 aliphatic heterocycles. The lowest BCUT2D eigenvalue weighted by Crippen LogP contribution is -2.31. The number of ether oxygens (including phenoxy) is 1. The van der Waals surface area contributed by atoms with Crippen LogP contribution in [0.1, 0.15) is 18.2 Å². The van der Waals surface area contributed by atoms with Gasteiger partial charge in [0.05, 0.1) is 19.9 Å². The fourth-order valence-corrected chi connectivity index (χ4v) is 3.37. The van der Waals surface area contributed by atoms with Crippen molar-refractivity contribution in [2.45, 2.75) is 32.1 Å². The number of aromatic nitrogens is 3. The molecule has 0 aliphatic carbocycles. The van der Waals surface area contributed by atoms with E-state index in [4.69, 9.17) is 26.5 Å². The molecule has 10 heteroatoms. The third-order valence-electron chi connectivity index (χ3n) is 3.99. The molecule has 3 aromatic rings. The Kier molecular flexibility index (Phi) is 5.69. The number of rotatable bonds is 7. The highest BCUT2D eigenvalue weighted by Gasteiger charge is 2.25. The maximum absolute atomic E-state index is 13.6. The molecule has 0 saturated heterocycles. The van der Waals surface area contributed by atoms with E-state index in [9.17, 15) is 4.39 Å². The van der Waals surface area contributed by atoms with Crippen LogP contribution in [-0.4, -0.2) is 33.9 Å². The van der Waals surface area contributed by atoms with Crippen LogP contribution in [0.25, 0.3) is 5.52 Å². The van der Waals surface area contributed by atoms with E-state index in [-0.39, 0.29) is 11.7 Å². The number of nitrogens with zero attached hydrogens (tertiary/aromatic N) is 3. The van der Waals surface area contributed by atoms with Gasteiger partial charge in [-0.3, -0.25) is 0 Å². The highest BCUT2D eigenvalue weighted by Crippen LogP contribution is 2.38. The van der Waals surface area contributed by atoms with Crippen molar-refractivity contribution in [1.82, 2.24) is 14.6 Å². The third-order valence-corrected chi connectivity index (χ3v) is 4.97. The molecule has 0 radical (unpaired) electrons. The van der Waals surface area contributed by atoms with E-state index in [0.29, 0.717) is 33.8 Å². The van der Waals surface area contributed by atoms with Gasteiger partial charge in [-0.1, -0.05) is 0 Å². The molecule has 2 atom stereocenters. The second-order valence-electron chi connectivity index (χ2n) is 5.77. The van der Waals surface area contributed by atoms with Crippen LogP contribution in [0, 0.1) is 0 Å². The summed E-state index contributed by atoms with van der Waals surface area (Å²) < 4.78 is 26.6. The Morgan fingerprint density at radius 3 is 2.92 bits per heavy atom. The Bertz CT molecular complexity index is 900. The number of halogens is 3. The first-order valence-electron chi connectivity index (χ1n) is 7.88. The predicted molar refractivity (Wildman–Crippen MR) is 101 cm³/mol. The van der Waals surface area contributed by atoms with E-state index in [1.165, 1.54) is 14.0 Å². The van der Waals surface area contributed by atoms with Crippen molar-refractivity contribution in [3.63, 3.8) is 0 Å². The zero-order valence-electron chi connectivity index (χ0n) is 14.2. The maximum Gasteiger partial charge on any atom is 0.243 e. The maximum atomic E-state index is 13.6. The van der Waals surface area contributed by atoms with Crippen molar-refractivity contribution < 1.29 is 13.5 Å². The molecule has 0 amide bonds. The summed E-state index contributed by atoms with van der Waals surface area (Å²) >= 11 is 9.55. The molecule has 3 aromatic heterocycles. The molecular weight excluding hydrogens is 429 g/mol. The highest BCUT2D eigenvalue weighted by atomic mass is 79.9. The number of anilines is 1. The van der Waals surface area contributed by atoms with Crippen molar-refractivity contribution in [3.05, 3.63) is 39.6 Å². The summed E-state index contributed by atoms with van der Waals surface area (Å²) in [6.07, 6.45) is 0.687. The quantitative estimate of drug-likeness (QED) is 0.576. The SMILES string of the molecule is COc1c(C[C@@H](N)[C@H](C)F)c(Br)n2nc(Cl)nc(NCc3ccco3)c12. The molecule has 3 heterocycles. The summed E-state index contributed by atoms with van der Waals surface area (Å²) in [4.78, 5) is 4.25. The number of nitrogens with two attached hydrogens (primary N) is 1. The smallest absolute Gasteiger partial charge is 0.243 e. The monoisotopic (exact) mass is 445 g/mol. The van der Waals surface area contributed by atoms with Crippen LogP contribution >= 0.6 is 27.5 Å². The number of nitrogens with one attached hydrogen (secondary N) is 1. The number of furan rings is 1. The van der Waals surface area contributed by atoms with Gasteiger partial charge in [-0.15, -0.1) is 5.10 Å². The Morgan fingerprint density at radius 2 is 2.31 bits per heavy atom. The van der Waals surface area contributed by atoms with Gasteiger partial charge < -0.3 is 20.2 Å². The standard InChI is InChI=1S/C16H18BrClFN5O2/c1-8(19)11(20)6-10-13(25-2)12-15(21-7-9-4-3-5-26-9)22-16(18)23-24(12)14(10)17/h3-5,8,11H,6-7,20H2,1-2H3,(H,21,22,23)/t8-,11+/m0/s1. The summed E-state index contributed by atoms with van der Waals surface area (Å²) in [5.41, 5.74) is 7.17. The van der Waals surface area contributed by atoms with Gasteiger partial charge >= 0.3 is 0 Å². The van der Waals surface area contributed by atoms with Gasteiger partial charge in [0.2, 0.25) is 5.28 Å². The minimum Gasteiger partial charge on any atom is -0.494 e. The van der Waals surface area contributed by atoms with Crippen LogP contribution < -0.4 is 15.8 Å². The molecule has 7 nitrogen and oxygen atoms in total. The van der Waals surface area contributed by atoms with Crippen LogP contribution in [0.3, 0.4) is 0 Å². The number of hydrogen-bond donors (Lipinski definition) is 2. The van der Waals surface area contributed by atoms with Gasteiger partial charge in [-0.2, -0.15) is 4.98 Å². The molecule has 140 valence electrons. The van der Waals surface area contributed by atoms with Crippen molar-refractivity contribution in [1.29, 1.82) is 0 Å². The van der Waals surface area contributed by atoms with E-state index < -0.39 is 12.2 Å². The largest absolute Gasteiger partial charge is 0.494 e. The van der Waals surface area contributed by atoms with E-state index in [0.717, 1.165) is 5.76 Å². The Labute approximate surface area is 162 Å². The molecular formula is C16H18BrClFN5O2. The van der Waals surface area contributed by atoms with E-state index in [1.54, 1.807) is 16.8 Å². The summed E-state index contributed by atoms with van der Waals surface area (Å²) in [7, 11) is 1.53. The van der Waals surface area contributed by atoms with Crippen LogP contribution in [0.2, 0.25) is 5.28 Å². The van der Waals surface area contributed by atoms with Gasteiger partial charge in [-0.25, -0.2) is 8.91 Å². The second-order valence-corrected chi connectivity index (χ2v) is 6.86. The average Bonchev–Trinajstić information content (AvgIpc) is 3.20. The molecule has 0 aliphatic rings. The molecule has 0 aromatic carbocycles. The average molecular weight is 447 g/mol. The van der Waals surface area contributed by atoms with Crippen molar-refractivity contribution >= 4 is 38.9 Å². The normalized spacial score (nSPS) is 13.8. The number of hydrogen-bond acceptors (Lipinski definition) is 6. The topological polar surface area (TPSA) is 90.6 Å². The zero-order valence-corrected chi connectivity index (χ0v) is 16.5. The molecule has 0 unspecified atom stereocenters. The molecule has 3 N–H and O–H groups in total. The number of fused-ring (bicyclic) bond motifs is 1. The molecule has 0 bridgehead atoms. The van der Waals surface area contributed by atoms with E-state index >= 15 is 0 Å². The molecule has 0 spiro atoms. The zero-order chi connectivity index (χ0) is 18.8. The lowest BCUT2D eigenvalue weighted by atomic mass is 10.1. The van der Waals surface area contributed by atoms with Gasteiger partial charge in [0.1, 0.15) is 16.5 Å². The minimum atomic E-state index is -1.17. The molecule has 26 heavy (non-hydrogen) atoms. The summed E-state index contributed by atoms with van der Waals surface area (Å²) in [6.45, 7) is 1.83. The summed E-state index contributed by atoms with van der Waals surface area (Å²) in [6, 6.07) is 2.96. The van der Waals surface area contributed by atoms with E-state index in [1.807, 2.05) is 6.07 Å². The van der Waals surface area contributed by atoms with E-state index in [2.05, 4.69) is 31.3 Å². The number of methoxy groups -OCH3 is 1. The van der Waals surface area contributed by atoms with Crippen LogP contribution in [0.5, 0.6) is 5.75 Å². The first-order valence-corrected chi connectivity index (χ1v) is 9.06. The fraction of sp³-hybridized carbons (Fsp3) is 0.375. The van der Waals surface area contributed by atoms with Crippen LogP contribution in [-0.2, 0) is 13.0 Å². The van der Waals surface area contributed by atoms with Crippen molar-refractivity contribution in [2.75, 3.05) is 12.4 Å². The first kappa shape index (κ1) is 18.9. The second kappa shape index (κ2) is 7.81. The fourth-order valence-electron chi connectivity index (χ4n) is 2.61. The minimum absolute atomic E-state index is 0.0486.